The highest BCUT2D eigenvalue weighted by Crippen LogP contribution is 2.32. The molecule has 2 N–H and O–H groups in total. The molecule has 6 nitrogen and oxygen atoms in total. The third kappa shape index (κ3) is 5.60. The number of carbonyl (C=O) groups is 2. The van der Waals surface area contributed by atoms with E-state index in [2.05, 4.69) is 24.5 Å². The molecule has 0 unspecified atom stereocenters. The number of carbonyl (C=O) groups excluding carboxylic acids is 2. The van der Waals surface area contributed by atoms with Crippen molar-refractivity contribution in [2.24, 2.45) is 0 Å². The Bertz CT molecular complexity index is 1150. The number of anilines is 1. The first-order valence-electron chi connectivity index (χ1n) is 10.8. The molecule has 1 aliphatic heterocycles. The van der Waals surface area contributed by atoms with E-state index in [0.29, 0.717) is 28.7 Å². The molecule has 0 radical (unpaired) electrons. The van der Waals surface area contributed by atoms with Gasteiger partial charge in [-0.25, -0.2) is 0 Å². The van der Waals surface area contributed by atoms with Crippen molar-refractivity contribution in [2.75, 3.05) is 12.1 Å². The largest absolute Gasteiger partial charge is 0.454 e. The maximum Gasteiger partial charge on any atom is 0.251 e. The van der Waals surface area contributed by atoms with Gasteiger partial charge in [0.1, 0.15) is 6.04 Å². The molecule has 0 fully saturated rings. The summed E-state index contributed by atoms with van der Waals surface area (Å²) in [5, 5.41) is 5.72. The molecule has 0 saturated heterocycles. The van der Waals surface area contributed by atoms with E-state index in [1.54, 1.807) is 18.2 Å². The van der Waals surface area contributed by atoms with Crippen molar-refractivity contribution >= 4 is 23.6 Å². The molecule has 3 aromatic carbocycles. The Balaban J connectivity index is 1.47. The fourth-order valence-electron chi connectivity index (χ4n) is 3.49. The topological polar surface area (TPSA) is 76.7 Å². The first kappa shape index (κ1) is 22.1. The van der Waals surface area contributed by atoms with Crippen LogP contribution in [0.3, 0.4) is 0 Å². The van der Waals surface area contributed by atoms with Crippen molar-refractivity contribution in [3.8, 4) is 11.5 Å². The van der Waals surface area contributed by atoms with Gasteiger partial charge in [0, 0.05) is 11.8 Å². The molecule has 1 aliphatic rings. The molecular formula is C27H26N2O4. The average molecular weight is 443 g/mol. The van der Waals surface area contributed by atoms with Crippen molar-refractivity contribution in [1.29, 1.82) is 0 Å². The van der Waals surface area contributed by atoms with Crippen LogP contribution in [-0.2, 0) is 9.59 Å². The number of benzene rings is 3. The van der Waals surface area contributed by atoms with E-state index in [-0.39, 0.29) is 18.6 Å². The zero-order chi connectivity index (χ0) is 23.2. The van der Waals surface area contributed by atoms with Crippen molar-refractivity contribution < 1.29 is 19.1 Å². The van der Waals surface area contributed by atoms with Gasteiger partial charge in [0.25, 0.3) is 5.91 Å². The molecule has 1 heterocycles. The van der Waals surface area contributed by atoms with Gasteiger partial charge >= 0.3 is 0 Å². The summed E-state index contributed by atoms with van der Waals surface area (Å²) in [6.45, 7) is 4.42. The SMILES string of the molecule is CC(C)c1ccc(NC(=O)[C@H](NC(=O)/C=C/c2ccc3c(c2)OCO3)c2ccccc2)cc1. The highest BCUT2D eigenvalue weighted by atomic mass is 16.7. The lowest BCUT2D eigenvalue weighted by molar-refractivity contribution is -0.123. The van der Waals surface area contributed by atoms with Crippen LogP contribution < -0.4 is 20.1 Å². The van der Waals surface area contributed by atoms with E-state index in [1.807, 2.05) is 60.7 Å². The van der Waals surface area contributed by atoms with Crippen LogP contribution in [0.2, 0.25) is 0 Å². The number of fused-ring (bicyclic) bond motifs is 1. The second-order valence-electron chi connectivity index (χ2n) is 8.06. The first-order chi connectivity index (χ1) is 16.0. The Labute approximate surface area is 193 Å². The van der Waals surface area contributed by atoms with Crippen molar-refractivity contribution in [3.63, 3.8) is 0 Å². The Morgan fingerprint density at radius 3 is 2.33 bits per heavy atom. The Hall–Kier alpha value is -4.06. The Kier molecular flexibility index (Phi) is 6.74. The molecule has 4 rings (SSSR count). The average Bonchev–Trinajstić information content (AvgIpc) is 3.30. The van der Waals surface area contributed by atoms with Crippen LogP contribution in [0.15, 0.2) is 78.9 Å². The van der Waals surface area contributed by atoms with Gasteiger partial charge in [0.05, 0.1) is 0 Å². The minimum absolute atomic E-state index is 0.192. The van der Waals surface area contributed by atoms with E-state index >= 15 is 0 Å². The van der Waals surface area contributed by atoms with Gasteiger partial charge < -0.3 is 20.1 Å². The standard InChI is InChI=1S/C27H26N2O4/c1-18(2)20-10-12-22(13-11-20)28-27(31)26(21-6-4-3-5-7-21)29-25(30)15-9-19-8-14-23-24(16-19)33-17-32-23/h3-16,18,26H,17H2,1-2H3,(H,28,31)(H,29,30)/b15-9+/t26-/m1/s1. The lowest BCUT2D eigenvalue weighted by atomic mass is 10.0. The van der Waals surface area contributed by atoms with Crippen LogP contribution in [0.4, 0.5) is 5.69 Å². The maximum absolute atomic E-state index is 13.1. The van der Waals surface area contributed by atoms with E-state index in [1.165, 1.54) is 11.6 Å². The van der Waals surface area contributed by atoms with Gasteiger partial charge in [-0.05, 0) is 52.9 Å². The molecule has 0 bridgehead atoms. The molecule has 1 atom stereocenters. The van der Waals surface area contributed by atoms with Crippen LogP contribution in [0.25, 0.3) is 6.08 Å². The molecular weight excluding hydrogens is 416 g/mol. The molecule has 6 heteroatoms. The third-order valence-electron chi connectivity index (χ3n) is 5.35. The lowest BCUT2D eigenvalue weighted by Gasteiger charge is -2.18. The summed E-state index contributed by atoms with van der Waals surface area (Å²) in [5.41, 5.74) is 3.35. The summed E-state index contributed by atoms with van der Waals surface area (Å²) < 4.78 is 10.7. The van der Waals surface area contributed by atoms with Crippen LogP contribution in [-0.4, -0.2) is 18.6 Å². The van der Waals surface area contributed by atoms with Crippen LogP contribution in [0.1, 0.15) is 42.5 Å². The van der Waals surface area contributed by atoms with Gasteiger partial charge in [0.15, 0.2) is 11.5 Å². The summed E-state index contributed by atoms with van der Waals surface area (Å²) >= 11 is 0. The molecule has 0 spiro atoms. The number of hydrogen-bond donors (Lipinski definition) is 2. The summed E-state index contributed by atoms with van der Waals surface area (Å²) in [4.78, 5) is 25.8. The number of hydrogen-bond acceptors (Lipinski definition) is 4. The summed E-state index contributed by atoms with van der Waals surface area (Å²) in [5.74, 6) is 1.03. The van der Waals surface area contributed by atoms with Gasteiger partial charge in [0.2, 0.25) is 12.7 Å². The van der Waals surface area contributed by atoms with Gasteiger partial charge in [-0.2, -0.15) is 0 Å². The van der Waals surface area contributed by atoms with Gasteiger partial charge in [-0.15, -0.1) is 0 Å². The number of rotatable bonds is 7. The summed E-state index contributed by atoms with van der Waals surface area (Å²) in [6.07, 6.45) is 3.07. The van der Waals surface area contributed by atoms with Crippen LogP contribution in [0, 0.1) is 0 Å². The molecule has 33 heavy (non-hydrogen) atoms. The molecule has 3 aromatic rings. The quantitative estimate of drug-likeness (QED) is 0.502. The number of amides is 2. The maximum atomic E-state index is 13.1. The second-order valence-corrected chi connectivity index (χ2v) is 8.06. The van der Waals surface area contributed by atoms with Crippen molar-refractivity contribution in [1.82, 2.24) is 5.32 Å². The van der Waals surface area contributed by atoms with E-state index in [0.717, 1.165) is 5.56 Å². The second kappa shape index (κ2) is 10.0. The van der Waals surface area contributed by atoms with E-state index in [4.69, 9.17) is 9.47 Å². The predicted molar refractivity (Wildman–Crippen MR) is 128 cm³/mol. The number of ether oxygens (including phenoxy) is 2. The first-order valence-corrected chi connectivity index (χ1v) is 10.8. The van der Waals surface area contributed by atoms with Crippen LogP contribution >= 0.6 is 0 Å². The zero-order valence-electron chi connectivity index (χ0n) is 18.6. The van der Waals surface area contributed by atoms with E-state index < -0.39 is 6.04 Å². The lowest BCUT2D eigenvalue weighted by Crippen LogP contribution is -2.36. The summed E-state index contributed by atoms with van der Waals surface area (Å²) in [6, 6.07) is 21.5. The van der Waals surface area contributed by atoms with Crippen molar-refractivity contribution in [2.45, 2.75) is 25.8 Å². The minimum atomic E-state index is -0.843. The van der Waals surface area contributed by atoms with Crippen molar-refractivity contribution in [3.05, 3.63) is 95.6 Å². The highest BCUT2D eigenvalue weighted by molar-refractivity contribution is 6.00. The summed E-state index contributed by atoms with van der Waals surface area (Å²) in [7, 11) is 0. The minimum Gasteiger partial charge on any atom is -0.454 e. The van der Waals surface area contributed by atoms with E-state index in [9.17, 15) is 9.59 Å². The van der Waals surface area contributed by atoms with Gasteiger partial charge in [-0.1, -0.05) is 62.4 Å². The third-order valence-corrected chi connectivity index (χ3v) is 5.35. The van der Waals surface area contributed by atoms with Gasteiger partial charge in [-0.3, -0.25) is 9.59 Å². The zero-order valence-corrected chi connectivity index (χ0v) is 18.6. The number of nitrogens with one attached hydrogen (secondary N) is 2. The fourth-order valence-corrected chi connectivity index (χ4v) is 3.49. The smallest absolute Gasteiger partial charge is 0.251 e. The fraction of sp³-hybridized carbons (Fsp3) is 0.185. The monoisotopic (exact) mass is 442 g/mol. The molecule has 168 valence electrons. The molecule has 2 amide bonds. The highest BCUT2D eigenvalue weighted by Gasteiger charge is 2.22. The Morgan fingerprint density at radius 2 is 1.61 bits per heavy atom. The van der Waals surface area contributed by atoms with Crippen LogP contribution in [0.5, 0.6) is 11.5 Å². The Morgan fingerprint density at radius 1 is 0.879 bits per heavy atom. The molecule has 0 saturated carbocycles. The predicted octanol–water partition coefficient (Wildman–Crippen LogP) is 5.05. The molecule has 0 aliphatic carbocycles. The molecule has 0 aromatic heterocycles. The normalized spacial score (nSPS) is 13.2.